The van der Waals surface area contributed by atoms with Gasteiger partial charge in [-0.3, -0.25) is 9.69 Å². The van der Waals surface area contributed by atoms with E-state index < -0.39 is 0 Å². The third kappa shape index (κ3) is 4.57. The number of likely N-dealkylation sites (N-methyl/N-ethyl adjacent to an activating group) is 1. The molecule has 2 aliphatic rings. The predicted molar refractivity (Wildman–Crippen MR) is 103 cm³/mol. The lowest BCUT2D eigenvalue weighted by atomic mass is 10.1. The minimum atomic E-state index is -0.0189. The van der Waals surface area contributed by atoms with Crippen molar-refractivity contribution in [1.29, 1.82) is 0 Å². The molecule has 144 valence electrons. The van der Waals surface area contributed by atoms with Crippen molar-refractivity contribution in [3.8, 4) is 0 Å². The van der Waals surface area contributed by atoms with Gasteiger partial charge in [0.05, 0.1) is 6.54 Å². The number of aromatic nitrogens is 1. The zero-order valence-corrected chi connectivity index (χ0v) is 16.2. The summed E-state index contributed by atoms with van der Waals surface area (Å²) in [5, 5.41) is 0. The largest absolute Gasteiger partial charge is 0.447 e. The number of piperazine rings is 1. The van der Waals surface area contributed by atoms with E-state index in [0.717, 1.165) is 32.7 Å². The summed E-state index contributed by atoms with van der Waals surface area (Å²) < 4.78 is 5.65. The lowest BCUT2D eigenvalue weighted by molar-refractivity contribution is 0.0658. The second-order valence-electron chi connectivity index (χ2n) is 7.84. The van der Waals surface area contributed by atoms with Crippen LogP contribution in [0.3, 0.4) is 0 Å². The van der Waals surface area contributed by atoms with Gasteiger partial charge in [0.25, 0.3) is 5.91 Å². The first-order valence-electron chi connectivity index (χ1n) is 9.80. The third-order valence-electron chi connectivity index (χ3n) is 5.47. The van der Waals surface area contributed by atoms with E-state index in [1.54, 1.807) is 0 Å². The molecule has 1 saturated carbocycles. The standard InChI is InChI=1S/C21H28N4O2/c1-16-3-5-17(6-4-16)13-25(18-7-8-18)14-20-22-19(15-27-20)21(26)24-11-9-23(2)10-12-24/h3-6,15,18H,7-14H2,1-2H3. The fourth-order valence-electron chi connectivity index (χ4n) is 3.51. The molecule has 6 nitrogen and oxygen atoms in total. The molecule has 1 amide bonds. The average molecular weight is 368 g/mol. The van der Waals surface area contributed by atoms with Gasteiger partial charge in [0.15, 0.2) is 5.69 Å². The number of rotatable bonds is 6. The number of aryl methyl sites for hydroxylation is 1. The molecule has 1 aromatic heterocycles. The van der Waals surface area contributed by atoms with E-state index in [4.69, 9.17) is 4.42 Å². The second kappa shape index (κ2) is 7.82. The molecule has 0 N–H and O–H groups in total. The monoisotopic (exact) mass is 368 g/mol. The van der Waals surface area contributed by atoms with Crippen LogP contribution in [0.5, 0.6) is 0 Å². The van der Waals surface area contributed by atoms with Gasteiger partial charge in [-0.05, 0) is 32.4 Å². The molecule has 0 unspecified atom stereocenters. The fourth-order valence-corrected chi connectivity index (χ4v) is 3.51. The molecule has 27 heavy (non-hydrogen) atoms. The van der Waals surface area contributed by atoms with Crippen LogP contribution >= 0.6 is 0 Å². The van der Waals surface area contributed by atoms with Gasteiger partial charge in [-0.1, -0.05) is 29.8 Å². The number of benzene rings is 1. The first-order chi connectivity index (χ1) is 13.1. The zero-order valence-electron chi connectivity index (χ0n) is 16.2. The molecular weight excluding hydrogens is 340 g/mol. The summed E-state index contributed by atoms with van der Waals surface area (Å²) in [6, 6.07) is 9.26. The van der Waals surface area contributed by atoms with Crippen molar-refractivity contribution in [2.45, 2.75) is 38.9 Å². The van der Waals surface area contributed by atoms with Crippen LogP contribution in [0.4, 0.5) is 0 Å². The van der Waals surface area contributed by atoms with E-state index in [9.17, 15) is 4.79 Å². The van der Waals surface area contributed by atoms with Crippen LogP contribution in [-0.2, 0) is 13.1 Å². The molecule has 2 aromatic rings. The van der Waals surface area contributed by atoms with E-state index in [0.29, 0.717) is 24.2 Å². The summed E-state index contributed by atoms with van der Waals surface area (Å²) in [6.07, 6.45) is 3.96. The van der Waals surface area contributed by atoms with Gasteiger partial charge in [0.2, 0.25) is 5.89 Å². The highest BCUT2D eigenvalue weighted by molar-refractivity contribution is 5.92. The van der Waals surface area contributed by atoms with Gasteiger partial charge in [0.1, 0.15) is 6.26 Å². The molecule has 2 heterocycles. The predicted octanol–water partition coefficient (Wildman–Crippen LogP) is 2.54. The molecular formula is C21H28N4O2. The summed E-state index contributed by atoms with van der Waals surface area (Å²) in [5.74, 6) is 0.612. The van der Waals surface area contributed by atoms with Crippen LogP contribution < -0.4 is 0 Å². The maximum absolute atomic E-state index is 12.6. The third-order valence-corrected chi connectivity index (χ3v) is 5.47. The molecule has 1 aromatic carbocycles. The van der Waals surface area contributed by atoms with Gasteiger partial charge in [-0.25, -0.2) is 4.98 Å². The number of oxazole rings is 1. The number of carbonyl (C=O) groups is 1. The Morgan fingerprint density at radius 3 is 2.52 bits per heavy atom. The minimum absolute atomic E-state index is 0.0189. The summed E-state index contributed by atoms with van der Waals surface area (Å²) in [4.78, 5) is 23.6. The van der Waals surface area contributed by atoms with Crippen LogP contribution in [-0.4, -0.2) is 64.9 Å². The molecule has 1 aliphatic carbocycles. The molecule has 6 heteroatoms. The molecule has 1 saturated heterocycles. The maximum Gasteiger partial charge on any atom is 0.275 e. The van der Waals surface area contributed by atoms with E-state index in [1.165, 1.54) is 30.2 Å². The van der Waals surface area contributed by atoms with Crippen molar-refractivity contribution >= 4 is 5.91 Å². The lowest BCUT2D eigenvalue weighted by Gasteiger charge is -2.31. The van der Waals surface area contributed by atoms with Gasteiger partial charge in [-0.15, -0.1) is 0 Å². The first kappa shape index (κ1) is 18.2. The van der Waals surface area contributed by atoms with Crippen molar-refractivity contribution < 1.29 is 9.21 Å². The number of nitrogens with zero attached hydrogens (tertiary/aromatic N) is 4. The van der Waals surface area contributed by atoms with Crippen LogP contribution in [0.2, 0.25) is 0 Å². The topological polar surface area (TPSA) is 52.8 Å². The Labute approximate surface area is 160 Å². The zero-order chi connectivity index (χ0) is 18.8. The quantitative estimate of drug-likeness (QED) is 0.784. The SMILES string of the molecule is Cc1ccc(CN(Cc2nc(C(=O)N3CCN(C)CC3)co2)C2CC2)cc1. The Balaban J connectivity index is 1.39. The van der Waals surface area contributed by atoms with Gasteiger partial charge in [0, 0.05) is 38.8 Å². The smallest absolute Gasteiger partial charge is 0.275 e. The van der Waals surface area contributed by atoms with Crippen molar-refractivity contribution in [3.05, 3.63) is 53.2 Å². The van der Waals surface area contributed by atoms with Gasteiger partial charge in [-0.2, -0.15) is 0 Å². The van der Waals surface area contributed by atoms with Gasteiger partial charge < -0.3 is 14.2 Å². The molecule has 1 aliphatic heterocycles. The fraction of sp³-hybridized carbons (Fsp3) is 0.524. The van der Waals surface area contributed by atoms with Crippen molar-refractivity contribution in [2.24, 2.45) is 0 Å². The van der Waals surface area contributed by atoms with Gasteiger partial charge >= 0.3 is 0 Å². The summed E-state index contributed by atoms with van der Waals surface area (Å²) in [7, 11) is 2.08. The molecule has 0 atom stereocenters. The minimum Gasteiger partial charge on any atom is -0.447 e. The molecule has 0 radical (unpaired) electrons. The van der Waals surface area contributed by atoms with E-state index in [-0.39, 0.29) is 5.91 Å². The Hall–Kier alpha value is -2.18. The highest BCUT2D eigenvalue weighted by Crippen LogP contribution is 2.29. The summed E-state index contributed by atoms with van der Waals surface area (Å²) in [5.41, 5.74) is 3.00. The first-order valence-corrected chi connectivity index (χ1v) is 9.80. The number of hydrogen-bond donors (Lipinski definition) is 0. The second-order valence-corrected chi connectivity index (χ2v) is 7.84. The Kier molecular flexibility index (Phi) is 5.27. The lowest BCUT2D eigenvalue weighted by Crippen LogP contribution is -2.47. The summed E-state index contributed by atoms with van der Waals surface area (Å²) in [6.45, 7) is 6.95. The van der Waals surface area contributed by atoms with E-state index in [1.807, 2.05) is 4.90 Å². The number of amides is 1. The number of carbonyl (C=O) groups excluding carboxylic acids is 1. The van der Waals surface area contributed by atoms with Crippen LogP contribution in [0, 0.1) is 6.92 Å². The average Bonchev–Trinajstić information content (AvgIpc) is 3.42. The Bertz CT molecular complexity index is 774. The Morgan fingerprint density at radius 1 is 1.15 bits per heavy atom. The molecule has 0 bridgehead atoms. The highest BCUT2D eigenvalue weighted by Gasteiger charge is 2.30. The van der Waals surface area contributed by atoms with E-state index >= 15 is 0 Å². The Morgan fingerprint density at radius 2 is 1.85 bits per heavy atom. The normalized spacial score (nSPS) is 18.3. The van der Waals surface area contributed by atoms with Crippen LogP contribution in [0.15, 0.2) is 34.9 Å². The summed E-state index contributed by atoms with van der Waals surface area (Å²) >= 11 is 0. The van der Waals surface area contributed by atoms with E-state index in [2.05, 4.69) is 53.0 Å². The van der Waals surface area contributed by atoms with Crippen LogP contribution in [0.1, 0.15) is 40.3 Å². The number of hydrogen-bond acceptors (Lipinski definition) is 5. The van der Waals surface area contributed by atoms with Crippen molar-refractivity contribution in [1.82, 2.24) is 19.7 Å². The molecule has 2 fully saturated rings. The highest BCUT2D eigenvalue weighted by atomic mass is 16.3. The van der Waals surface area contributed by atoms with Crippen molar-refractivity contribution in [2.75, 3.05) is 33.2 Å². The maximum atomic E-state index is 12.6. The van der Waals surface area contributed by atoms with Crippen LogP contribution in [0.25, 0.3) is 0 Å². The van der Waals surface area contributed by atoms with Crippen molar-refractivity contribution in [3.63, 3.8) is 0 Å². The molecule has 4 rings (SSSR count). The molecule has 0 spiro atoms.